The summed E-state index contributed by atoms with van der Waals surface area (Å²) in [6.07, 6.45) is 1.00. The quantitative estimate of drug-likeness (QED) is 0.875. The topological polar surface area (TPSA) is 54.3 Å². The number of halogens is 1. The van der Waals surface area contributed by atoms with E-state index in [-0.39, 0.29) is 29.2 Å². The maximum Gasteiger partial charge on any atom is 0.321 e. The molecule has 1 N–H and O–H groups in total. The molecule has 1 aromatic carbocycles. The van der Waals surface area contributed by atoms with Crippen LogP contribution in [0.1, 0.15) is 18.0 Å². The number of hydrogen-bond acceptors (Lipinski definition) is 2. The summed E-state index contributed by atoms with van der Waals surface area (Å²) >= 11 is 0. The van der Waals surface area contributed by atoms with E-state index in [1.54, 1.807) is 29.2 Å². The van der Waals surface area contributed by atoms with E-state index in [0.29, 0.717) is 25.3 Å². The van der Waals surface area contributed by atoms with Crippen molar-refractivity contribution in [2.75, 3.05) is 18.4 Å². The van der Waals surface area contributed by atoms with Gasteiger partial charge in [-0.1, -0.05) is 6.07 Å². The Bertz CT molecular complexity index is 831. The third-order valence-corrected chi connectivity index (χ3v) is 4.86. The summed E-state index contributed by atoms with van der Waals surface area (Å²) in [7, 11) is 0. The van der Waals surface area contributed by atoms with E-state index >= 15 is 0 Å². The van der Waals surface area contributed by atoms with Gasteiger partial charge in [0.25, 0.3) is 5.56 Å². The standard InChI is InChI=1S/C18H18FN3O2/c19-14-4-6-15(7-5-14)20-18(24)21-9-12-8-13(11-21)16-2-1-3-17(23)22(16)10-12/h1-7,12-13H,8-11H2,(H,20,24)/t12-,13+/m1/s1. The van der Waals surface area contributed by atoms with Crippen LogP contribution in [0.3, 0.4) is 0 Å². The Balaban J connectivity index is 1.52. The first-order valence-electron chi connectivity index (χ1n) is 8.11. The summed E-state index contributed by atoms with van der Waals surface area (Å²) in [5.41, 5.74) is 1.62. The Morgan fingerprint density at radius 3 is 2.67 bits per heavy atom. The van der Waals surface area contributed by atoms with E-state index in [1.807, 2.05) is 10.6 Å². The van der Waals surface area contributed by atoms with Gasteiger partial charge in [-0.15, -0.1) is 0 Å². The largest absolute Gasteiger partial charge is 0.324 e. The van der Waals surface area contributed by atoms with Gasteiger partial charge in [-0.3, -0.25) is 4.79 Å². The highest BCUT2D eigenvalue weighted by Crippen LogP contribution is 2.35. The number of nitrogens with zero attached hydrogens (tertiary/aromatic N) is 2. The smallest absolute Gasteiger partial charge is 0.321 e. The molecule has 124 valence electrons. The van der Waals surface area contributed by atoms with Crippen LogP contribution in [0.4, 0.5) is 14.9 Å². The number of amides is 2. The van der Waals surface area contributed by atoms with Crippen LogP contribution in [0.25, 0.3) is 0 Å². The molecule has 3 heterocycles. The van der Waals surface area contributed by atoms with Crippen LogP contribution in [-0.4, -0.2) is 28.6 Å². The van der Waals surface area contributed by atoms with Crippen LogP contribution in [0, 0.1) is 11.7 Å². The van der Waals surface area contributed by atoms with Crippen molar-refractivity contribution in [3.05, 3.63) is 64.3 Å². The highest BCUT2D eigenvalue weighted by molar-refractivity contribution is 5.89. The average molecular weight is 327 g/mol. The van der Waals surface area contributed by atoms with Crippen LogP contribution in [-0.2, 0) is 6.54 Å². The maximum atomic E-state index is 13.0. The first kappa shape index (κ1) is 14.9. The first-order chi connectivity index (χ1) is 11.6. The molecule has 2 aromatic rings. The molecular weight excluding hydrogens is 309 g/mol. The summed E-state index contributed by atoms with van der Waals surface area (Å²) in [5, 5.41) is 2.82. The number of benzene rings is 1. The fourth-order valence-corrected chi connectivity index (χ4v) is 3.80. The molecule has 2 aliphatic heterocycles. The van der Waals surface area contributed by atoms with Gasteiger partial charge in [0.15, 0.2) is 0 Å². The Hall–Kier alpha value is -2.63. The highest BCUT2D eigenvalue weighted by Gasteiger charge is 2.36. The van der Waals surface area contributed by atoms with Gasteiger partial charge in [0.05, 0.1) is 0 Å². The number of anilines is 1. The first-order valence-corrected chi connectivity index (χ1v) is 8.11. The molecule has 0 saturated carbocycles. The van der Waals surface area contributed by atoms with Crippen molar-refractivity contribution in [3.8, 4) is 0 Å². The molecule has 24 heavy (non-hydrogen) atoms. The van der Waals surface area contributed by atoms with Gasteiger partial charge in [0, 0.05) is 43.0 Å². The number of carbonyl (C=O) groups excluding carboxylic acids is 1. The van der Waals surface area contributed by atoms with Crippen LogP contribution < -0.4 is 10.9 Å². The number of pyridine rings is 1. The van der Waals surface area contributed by atoms with Crippen LogP contribution >= 0.6 is 0 Å². The normalized spacial score (nSPS) is 22.0. The molecule has 2 atom stereocenters. The van der Waals surface area contributed by atoms with E-state index in [9.17, 15) is 14.0 Å². The van der Waals surface area contributed by atoms with E-state index in [4.69, 9.17) is 0 Å². The third-order valence-electron chi connectivity index (χ3n) is 4.86. The Labute approximate surface area is 138 Å². The number of fused-ring (bicyclic) bond motifs is 4. The molecule has 0 unspecified atom stereocenters. The molecule has 2 bridgehead atoms. The zero-order valence-corrected chi connectivity index (χ0v) is 13.1. The molecule has 2 amide bonds. The van der Waals surface area contributed by atoms with Crippen molar-refractivity contribution in [2.45, 2.75) is 18.9 Å². The van der Waals surface area contributed by atoms with Crippen molar-refractivity contribution in [1.29, 1.82) is 0 Å². The highest BCUT2D eigenvalue weighted by atomic mass is 19.1. The van der Waals surface area contributed by atoms with E-state index < -0.39 is 0 Å². The van der Waals surface area contributed by atoms with Crippen molar-refractivity contribution in [1.82, 2.24) is 9.47 Å². The van der Waals surface area contributed by atoms with Gasteiger partial charge in [-0.2, -0.15) is 0 Å². The molecule has 6 heteroatoms. The number of nitrogens with one attached hydrogen (secondary N) is 1. The van der Waals surface area contributed by atoms with Gasteiger partial charge < -0.3 is 14.8 Å². The number of carbonyl (C=O) groups is 1. The maximum absolute atomic E-state index is 13.0. The van der Waals surface area contributed by atoms with E-state index in [2.05, 4.69) is 5.32 Å². The second kappa shape index (κ2) is 5.78. The van der Waals surface area contributed by atoms with Gasteiger partial charge in [0.1, 0.15) is 5.82 Å². The molecule has 1 aromatic heterocycles. The molecular formula is C18H18FN3O2. The minimum atomic E-state index is -0.331. The lowest BCUT2D eigenvalue weighted by molar-refractivity contribution is 0.139. The molecule has 0 spiro atoms. The summed E-state index contributed by atoms with van der Waals surface area (Å²) in [5.74, 6) is 0.142. The van der Waals surface area contributed by atoms with Crippen molar-refractivity contribution in [2.24, 2.45) is 5.92 Å². The van der Waals surface area contributed by atoms with Crippen LogP contribution in [0.5, 0.6) is 0 Å². The fourth-order valence-electron chi connectivity index (χ4n) is 3.80. The number of urea groups is 1. The van der Waals surface area contributed by atoms with Crippen LogP contribution in [0.2, 0.25) is 0 Å². The summed E-state index contributed by atoms with van der Waals surface area (Å²) in [6, 6.07) is 10.9. The molecule has 0 aliphatic carbocycles. The SMILES string of the molecule is O=C(Nc1ccc(F)cc1)N1C[C@H]2C[C@@H](C1)c1cccc(=O)n1C2. The molecule has 1 fully saturated rings. The summed E-state index contributed by atoms with van der Waals surface area (Å²) in [6.45, 7) is 1.88. The van der Waals surface area contributed by atoms with Gasteiger partial charge in [-0.25, -0.2) is 9.18 Å². The predicted molar refractivity (Wildman–Crippen MR) is 88.5 cm³/mol. The second-order valence-electron chi connectivity index (χ2n) is 6.54. The Morgan fingerprint density at radius 1 is 1.08 bits per heavy atom. The van der Waals surface area contributed by atoms with Crippen molar-refractivity contribution >= 4 is 11.7 Å². The molecule has 0 radical (unpaired) electrons. The predicted octanol–water partition coefficient (Wildman–Crippen LogP) is 2.64. The lowest BCUT2D eigenvalue weighted by Gasteiger charge is -2.42. The van der Waals surface area contributed by atoms with E-state index in [0.717, 1.165) is 12.1 Å². The average Bonchev–Trinajstić information content (AvgIpc) is 2.58. The number of rotatable bonds is 1. The third kappa shape index (κ3) is 2.68. The number of likely N-dealkylation sites (tertiary alicyclic amines) is 1. The zero-order valence-electron chi connectivity index (χ0n) is 13.1. The Kier molecular flexibility index (Phi) is 3.59. The monoisotopic (exact) mass is 327 g/mol. The minimum Gasteiger partial charge on any atom is -0.324 e. The minimum absolute atomic E-state index is 0.0337. The zero-order chi connectivity index (χ0) is 16.7. The number of hydrogen-bond donors (Lipinski definition) is 1. The van der Waals surface area contributed by atoms with Gasteiger partial charge in [0.2, 0.25) is 0 Å². The van der Waals surface area contributed by atoms with Crippen molar-refractivity contribution in [3.63, 3.8) is 0 Å². The van der Waals surface area contributed by atoms with Gasteiger partial charge in [-0.05, 0) is 42.7 Å². The molecule has 4 rings (SSSR count). The van der Waals surface area contributed by atoms with E-state index in [1.165, 1.54) is 12.1 Å². The fraction of sp³-hybridized carbons (Fsp3) is 0.333. The lowest BCUT2D eigenvalue weighted by atomic mass is 9.83. The summed E-state index contributed by atoms with van der Waals surface area (Å²) in [4.78, 5) is 26.3. The van der Waals surface area contributed by atoms with Gasteiger partial charge >= 0.3 is 6.03 Å². The number of piperidine rings is 1. The Morgan fingerprint density at radius 2 is 1.88 bits per heavy atom. The van der Waals surface area contributed by atoms with Crippen LogP contribution in [0.15, 0.2) is 47.3 Å². The number of aromatic nitrogens is 1. The molecule has 1 saturated heterocycles. The molecule has 2 aliphatic rings. The second-order valence-corrected chi connectivity index (χ2v) is 6.54. The lowest BCUT2D eigenvalue weighted by Crippen LogP contribution is -2.50. The summed E-state index contributed by atoms with van der Waals surface area (Å²) < 4.78 is 14.8. The van der Waals surface area contributed by atoms with Crippen molar-refractivity contribution < 1.29 is 9.18 Å². The molecule has 5 nitrogen and oxygen atoms in total.